The minimum Gasteiger partial charge on any atom is -0.312 e. The second kappa shape index (κ2) is 5.59. The summed E-state index contributed by atoms with van der Waals surface area (Å²) in [6, 6.07) is 6.63. The highest BCUT2D eigenvalue weighted by molar-refractivity contribution is 9.10. The summed E-state index contributed by atoms with van der Waals surface area (Å²) in [6.45, 7) is 3.47. The third-order valence-corrected chi connectivity index (χ3v) is 5.27. The van der Waals surface area contributed by atoms with Crippen molar-refractivity contribution in [1.82, 2.24) is 9.62 Å². The number of rotatable bonds is 2. The van der Waals surface area contributed by atoms with Crippen molar-refractivity contribution in [3.63, 3.8) is 0 Å². The molecule has 1 N–H and O–H groups in total. The molecule has 1 heterocycles. The molecule has 0 spiro atoms. The third kappa shape index (κ3) is 3.15. The predicted molar refractivity (Wildman–Crippen MR) is 75.1 cm³/mol. The number of sulfonamides is 1. The Morgan fingerprint density at radius 3 is 2.84 bits per heavy atom. The Balaban J connectivity index is 2.39. The summed E-state index contributed by atoms with van der Waals surface area (Å²) in [7, 11) is -3.54. The van der Waals surface area contributed by atoms with Crippen LogP contribution in [0.15, 0.2) is 27.6 Å². The van der Waals surface area contributed by atoms with E-state index in [1.807, 2.05) is 13.0 Å². The van der Waals surface area contributed by atoms with Crippen LogP contribution in [0, 0.1) is 11.3 Å². The highest BCUT2D eigenvalue weighted by Crippen LogP contribution is 2.23. The Hall–Kier alpha value is -0.940. The molecular formula is C12H14BrN3O2S. The van der Waals surface area contributed by atoms with Gasteiger partial charge in [0, 0.05) is 30.1 Å². The molecule has 1 aromatic rings. The number of hydrogen-bond donors (Lipinski definition) is 1. The van der Waals surface area contributed by atoms with Gasteiger partial charge < -0.3 is 5.32 Å². The van der Waals surface area contributed by atoms with E-state index in [4.69, 9.17) is 5.26 Å². The summed E-state index contributed by atoms with van der Waals surface area (Å²) < 4.78 is 27.1. The first-order valence-corrected chi connectivity index (χ1v) is 8.11. The van der Waals surface area contributed by atoms with Gasteiger partial charge in [-0.2, -0.15) is 9.57 Å². The van der Waals surface area contributed by atoms with Crippen LogP contribution in [0.2, 0.25) is 0 Å². The van der Waals surface area contributed by atoms with E-state index in [0.29, 0.717) is 29.7 Å². The molecule has 0 unspecified atom stereocenters. The molecular weight excluding hydrogens is 330 g/mol. The summed E-state index contributed by atoms with van der Waals surface area (Å²) >= 11 is 3.24. The van der Waals surface area contributed by atoms with E-state index in [2.05, 4.69) is 21.2 Å². The van der Waals surface area contributed by atoms with Crippen molar-refractivity contribution >= 4 is 26.0 Å². The Morgan fingerprint density at radius 2 is 2.21 bits per heavy atom. The van der Waals surface area contributed by atoms with Gasteiger partial charge in [-0.3, -0.25) is 0 Å². The van der Waals surface area contributed by atoms with Crippen LogP contribution >= 0.6 is 15.9 Å². The summed E-state index contributed by atoms with van der Waals surface area (Å²) in [4.78, 5) is 0.160. The minimum atomic E-state index is -3.54. The molecule has 102 valence electrons. The van der Waals surface area contributed by atoms with Crippen LogP contribution in [0.5, 0.6) is 0 Å². The molecule has 1 atom stereocenters. The van der Waals surface area contributed by atoms with Gasteiger partial charge in [-0.05, 0) is 25.1 Å². The molecule has 19 heavy (non-hydrogen) atoms. The van der Waals surface area contributed by atoms with Crippen LogP contribution in [-0.2, 0) is 10.0 Å². The second-order valence-corrected chi connectivity index (χ2v) is 7.36. The van der Waals surface area contributed by atoms with Crippen molar-refractivity contribution in [1.29, 1.82) is 5.26 Å². The van der Waals surface area contributed by atoms with Crippen LogP contribution in [0.3, 0.4) is 0 Å². The van der Waals surface area contributed by atoms with Gasteiger partial charge in [-0.1, -0.05) is 15.9 Å². The minimum absolute atomic E-state index is 0.131. The molecule has 0 aromatic heterocycles. The molecule has 1 aliphatic rings. The lowest BCUT2D eigenvalue weighted by atomic mass is 10.2. The second-order valence-electron chi connectivity index (χ2n) is 4.51. The van der Waals surface area contributed by atoms with Gasteiger partial charge >= 0.3 is 0 Å². The average molecular weight is 344 g/mol. The summed E-state index contributed by atoms with van der Waals surface area (Å²) in [6.07, 6.45) is 0. The Labute approximate surface area is 121 Å². The molecule has 1 aliphatic heterocycles. The number of piperazine rings is 1. The SMILES string of the molecule is C[C@@H]1CN(S(=O)(=O)c2cc(Br)cc(C#N)c2)CCN1. The monoisotopic (exact) mass is 343 g/mol. The van der Waals surface area contributed by atoms with Crippen LogP contribution in [0.4, 0.5) is 0 Å². The molecule has 0 bridgehead atoms. The molecule has 1 saturated heterocycles. The van der Waals surface area contributed by atoms with E-state index in [-0.39, 0.29) is 10.9 Å². The number of nitrogens with one attached hydrogen (secondary N) is 1. The maximum absolute atomic E-state index is 12.5. The lowest BCUT2D eigenvalue weighted by molar-refractivity contribution is 0.310. The number of hydrogen-bond acceptors (Lipinski definition) is 4. The number of halogens is 1. The molecule has 1 aromatic carbocycles. The molecule has 5 nitrogen and oxygen atoms in total. The molecule has 2 rings (SSSR count). The van der Waals surface area contributed by atoms with Gasteiger partial charge in [0.1, 0.15) is 0 Å². The molecule has 0 radical (unpaired) electrons. The van der Waals surface area contributed by atoms with Gasteiger partial charge in [0.25, 0.3) is 0 Å². The van der Waals surface area contributed by atoms with E-state index in [9.17, 15) is 8.42 Å². The average Bonchev–Trinajstić information content (AvgIpc) is 2.38. The van der Waals surface area contributed by atoms with E-state index in [1.165, 1.54) is 16.4 Å². The fourth-order valence-corrected chi connectivity index (χ4v) is 4.29. The number of nitrogens with zero attached hydrogens (tertiary/aromatic N) is 2. The van der Waals surface area contributed by atoms with Gasteiger partial charge in [-0.15, -0.1) is 0 Å². The Kier molecular flexibility index (Phi) is 4.26. The zero-order valence-corrected chi connectivity index (χ0v) is 12.8. The molecule has 0 saturated carbocycles. The first kappa shape index (κ1) is 14.5. The van der Waals surface area contributed by atoms with E-state index in [1.54, 1.807) is 6.07 Å². The van der Waals surface area contributed by atoms with Crippen molar-refractivity contribution in [3.05, 3.63) is 28.2 Å². The summed E-state index contributed by atoms with van der Waals surface area (Å²) in [5.41, 5.74) is 0.330. The lowest BCUT2D eigenvalue weighted by Crippen LogP contribution is -2.51. The van der Waals surface area contributed by atoms with Crippen molar-refractivity contribution in [3.8, 4) is 6.07 Å². The Morgan fingerprint density at radius 1 is 1.47 bits per heavy atom. The largest absolute Gasteiger partial charge is 0.312 e. The van der Waals surface area contributed by atoms with Crippen LogP contribution in [-0.4, -0.2) is 38.4 Å². The summed E-state index contributed by atoms with van der Waals surface area (Å²) in [5.74, 6) is 0. The number of benzene rings is 1. The predicted octanol–water partition coefficient (Wildman–Crippen LogP) is 1.30. The van der Waals surface area contributed by atoms with Crippen molar-refractivity contribution < 1.29 is 8.42 Å². The van der Waals surface area contributed by atoms with Gasteiger partial charge in [0.15, 0.2) is 0 Å². The first-order valence-electron chi connectivity index (χ1n) is 5.87. The van der Waals surface area contributed by atoms with Crippen molar-refractivity contribution in [2.24, 2.45) is 0 Å². The molecule has 0 aliphatic carbocycles. The topological polar surface area (TPSA) is 73.2 Å². The lowest BCUT2D eigenvalue weighted by Gasteiger charge is -2.31. The fourth-order valence-electron chi connectivity index (χ4n) is 2.04. The molecule has 0 amide bonds. The van der Waals surface area contributed by atoms with Crippen molar-refractivity contribution in [2.45, 2.75) is 17.9 Å². The zero-order chi connectivity index (χ0) is 14.0. The van der Waals surface area contributed by atoms with Crippen molar-refractivity contribution in [2.75, 3.05) is 19.6 Å². The third-order valence-electron chi connectivity index (χ3n) is 2.97. The van der Waals surface area contributed by atoms with Gasteiger partial charge in [0.2, 0.25) is 10.0 Å². The Bertz CT molecular complexity index is 624. The summed E-state index contributed by atoms with van der Waals surface area (Å²) in [5, 5.41) is 12.1. The van der Waals surface area contributed by atoms with E-state index < -0.39 is 10.0 Å². The van der Waals surface area contributed by atoms with Crippen LogP contribution in [0.1, 0.15) is 12.5 Å². The highest BCUT2D eigenvalue weighted by atomic mass is 79.9. The van der Waals surface area contributed by atoms with Gasteiger partial charge in [0.05, 0.1) is 16.5 Å². The fraction of sp³-hybridized carbons (Fsp3) is 0.417. The smallest absolute Gasteiger partial charge is 0.243 e. The quantitative estimate of drug-likeness (QED) is 0.878. The highest BCUT2D eigenvalue weighted by Gasteiger charge is 2.28. The van der Waals surface area contributed by atoms with Crippen LogP contribution in [0.25, 0.3) is 0 Å². The maximum Gasteiger partial charge on any atom is 0.243 e. The molecule has 7 heteroatoms. The normalized spacial score (nSPS) is 21.0. The van der Waals surface area contributed by atoms with E-state index >= 15 is 0 Å². The maximum atomic E-state index is 12.5. The first-order chi connectivity index (χ1) is 8.93. The van der Waals surface area contributed by atoms with E-state index in [0.717, 1.165) is 0 Å². The molecule has 1 fully saturated rings. The standard InChI is InChI=1S/C12H14BrN3O2S/c1-9-8-16(3-2-15-9)19(17,18)12-5-10(7-14)4-11(13)6-12/h4-6,9,15H,2-3,8H2,1H3/t9-/m1/s1. The number of nitriles is 1. The zero-order valence-electron chi connectivity index (χ0n) is 10.4. The van der Waals surface area contributed by atoms with Gasteiger partial charge in [-0.25, -0.2) is 8.42 Å². The van der Waals surface area contributed by atoms with Crippen LogP contribution < -0.4 is 5.32 Å².